The zero-order valence-electron chi connectivity index (χ0n) is 16.1. The fraction of sp³-hybridized carbons (Fsp3) is 0.217. The average molecular weight is 390 g/mol. The molecule has 0 unspecified atom stereocenters. The van der Waals surface area contributed by atoms with Crippen LogP contribution < -0.4 is 10.1 Å². The predicted octanol–water partition coefficient (Wildman–Crippen LogP) is 4.20. The number of nitrogens with zero attached hydrogens (tertiary/aromatic N) is 1. The molecule has 6 nitrogen and oxygen atoms in total. The van der Waals surface area contributed by atoms with Gasteiger partial charge in [0, 0.05) is 12.2 Å². The first-order chi connectivity index (χ1) is 14.2. The number of amides is 2. The Morgan fingerprint density at radius 2 is 1.93 bits per heavy atom. The van der Waals surface area contributed by atoms with Crippen LogP contribution >= 0.6 is 0 Å². The van der Waals surface area contributed by atoms with E-state index in [0.29, 0.717) is 24.2 Å². The van der Waals surface area contributed by atoms with Crippen LogP contribution in [0.2, 0.25) is 0 Å². The van der Waals surface area contributed by atoms with Gasteiger partial charge in [-0.1, -0.05) is 24.3 Å². The second-order valence-corrected chi connectivity index (χ2v) is 6.97. The number of likely N-dealkylation sites (tertiary alicyclic amines) is 1. The lowest BCUT2D eigenvalue weighted by Crippen LogP contribution is -2.43. The summed E-state index contributed by atoms with van der Waals surface area (Å²) < 4.78 is 10.3. The van der Waals surface area contributed by atoms with Crippen molar-refractivity contribution in [2.24, 2.45) is 0 Å². The maximum atomic E-state index is 12.8. The third-order valence-electron chi connectivity index (χ3n) is 5.14. The Hall–Kier alpha value is -3.54. The fourth-order valence-electron chi connectivity index (χ4n) is 3.61. The lowest BCUT2D eigenvalue weighted by atomic mass is 10.0. The number of furan rings is 1. The summed E-state index contributed by atoms with van der Waals surface area (Å²) in [5.41, 5.74) is 3.23. The number of hydrogen-bond acceptors (Lipinski definition) is 4. The number of ether oxygens (including phenoxy) is 1. The number of benzene rings is 2. The van der Waals surface area contributed by atoms with Gasteiger partial charge in [0.1, 0.15) is 18.1 Å². The van der Waals surface area contributed by atoms with Gasteiger partial charge < -0.3 is 19.4 Å². The van der Waals surface area contributed by atoms with E-state index < -0.39 is 6.04 Å². The Bertz CT molecular complexity index is 996. The van der Waals surface area contributed by atoms with Gasteiger partial charge in [-0.05, 0) is 54.3 Å². The molecule has 0 spiro atoms. The van der Waals surface area contributed by atoms with Crippen LogP contribution in [0.5, 0.6) is 5.75 Å². The molecule has 148 valence electrons. The zero-order chi connectivity index (χ0) is 20.2. The average Bonchev–Trinajstić information content (AvgIpc) is 3.46. The number of anilines is 1. The summed E-state index contributed by atoms with van der Waals surface area (Å²) in [6.45, 7) is 0.566. The molecule has 4 rings (SSSR count). The summed E-state index contributed by atoms with van der Waals surface area (Å²) >= 11 is 0. The highest BCUT2D eigenvalue weighted by molar-refractivity contribution is 6.01. The number of methoxy groups -OCH3 is 1. The van der Waals surface area contributed by atoms with Crippen molar-refractivity contribution in [2.75, 3.05) is 19.0 Å². The first-order valence-electron chi connectivity index (χ1n) is 9.54. The molecule has 6 heteroatoms. The first-order valence-corrected chi connectivity index (χ1v) is 9.54. The van der Waals surface area contributed by atoms with Crippen LogP contribution in [0.15, 0.2) is 71.5 Å². The largest absolute Gasteiger partial charge is 0.497 e. The standard InChI is InChI=1S/C23H22N2O4/c1-28-20-5-2-4-17(14-20)16-7-9-19(10-8-16)24-22(26)21-6-3-12-25(21)23(27)18-11-13-29-15-18/h2,4-5,7-11,13-15,21H,3,6,12H2,1H3,(H,24,26)/t21-/m1/s1. The van der Waals surface area contributed by atoms with Crippen LogP contribution in [0, 0.1) is 0 Å². The number of nitrogens with one attached hydrogen (secondary N) is 1. The topological polar surface area (TPSA) is 71.8 Å². The minimum Gasteiger partial charge on any atom is -0.497 e. The minimum atomic E-state index is -0.476. The maximum absolute atomic E-state index is 12.8. The predicted molar refractivity (Wildman–Crippen MR) is 110 cm³/mol. The quantitative estimate of drug-likeness (QED) is 0.709. The van der Waals surface area contributed by atoms with Crippen LogP contribution in [0.3, 0.4) is 0 Å². The van der Waals surface area contributed by atoms with Crippen molar-refractivity contribution < 1.29 is 18.7 Å². The van der Waals surface area contributed by atoms with E-state index in [9.17, 15) is 9.59 Å². The molecule has 1 aliphatic heterocycles. The molecule has 3 aromatic rings. The number of carbonyl (C=O) groups excluding carboxylic acids is 2. The van der Waals surface area contributed by atoms with Crippen LogP contribution in [0.1, 0.15) is 23.2 Å². The van der Waals surface area contributed by atoms with Crippen LogP contribution in [-0.4, -0.2) is 36.4 Å². The number of hydrogen-bond donors (Lipinski definition) is 1. The smallest absolute Gasteiger partial charge is 0.257 e. The molecule has 1 fully saturated rings. The van der Waals surface area contributed by atoms with E-state index >= 15 is 0 Å². The summed E-state index contributed by atoms with van der Waals surface area (Å²) in [7, 11) is 1.64. The molecule has 1 aliphatic rings. The monoisotopic (exact) mass is 390 g/mol. The van der Waals surface area contributed by atoms with E-state index in [0.717, 1.165) is 23.3 Å². The molecular weight excluding hydrogens is 368 g/mol. The number of rotatable bonds is 5. The van der Waals surface area contributed by atoms with Gasteiger partial charge in [0.25, 0.3) is 5.91 Å². The highest BCUT2D eigenvalue weighted by Gasteiger charge is 2.34. The third-order valence-corrected chi connectivity index (χ3v) is 5.14. The van der Waals surface area contributed by atoms with Gasteiger partial charge in [-0.3, -0.25) is 9.59 Å². The van der Waals surface area contributed by atoms with Crippen molar-refractivity contribution in [3.63, 3.8) is 0 Å². The summed E-state index contributed by atoms with van der Waals surface area (Å²) in [4.78, 5) is 27.0. The zero-order valence-corrected chi connectivity index (χ0v) is 16.1. The van der Waals surface area contributed by atoms with Gasteiger partial charge in [-0.25, -0.2) is 0 Å². The Morgan fingerprint density at radius 3 is 2.66 bits per heavy atom. The van der Waals surface area contributed by atoms with E-state index in [1.807, 2.05) is 48.5 Å². The second-order valence-electron chi connectivity index (χ2n) is 6.97. The Balaban J connectivity index is 1.44. The molecule has 0 bridgehead atoms. The molecule has 0 saturated carbocycles. The van der Waals surface area contributed by atoms with Crippen LogP contribution in [0.4, 0.5) is 5.69 Å². The molecule has 1 atom stereocenters. The van der Waals surface area contributed by atoms with E-state index in [4.69, 9.17) is 9.15 Å². The van der Waals surface area contributed by atoms with Gasteiger partial charge in [-0.15, -0.1) is 0 Å². The van der Waals surface area contributed by atoms with Gasteiger partial charge in [-0.2, -0.15) is 0 Å². The van der Waals surface area contributed by atoms with E-state index in [-0.39, 0.29) is 11.8 Å². The summed E-state index contributed by atoms with van der Waals surface area (Å²) in [5.74, 6) is 0.446. The summed E-state index contributed by atoms with van der Waals surface area (Å²) in [6.07, 6.45) is 4.32. The SMILES string of the molecule is COc1cccc(-c2ccc(NC(=O)[C@H]3CCCN3C(=O)c3ccoc3)cc2)c1. The maximum Gasteiger partial charge on any atom is 0.257 e. The van der Waals surface area contributed by atoms with E-state index in [2.05, 4.69) is 5.32 Å². The van der Waals surface area contributed by atoms with Gasteiger partial charge in [0.2, 0.25) is 5.91 Å². The molecule has 29 heavy (non-hydrogen) atoms. The Morgan fingerprint density at radius 1 is 1.10 bits per heavy atom. The van der Waals surface area contributed by atoms with Crippen molar-refractivity contribution in [3.05, 3.63) is 72.7 Å². The van der Waals surface area contributed by atoms with Crippen molar-refractivity contribution in [1.82, 2.24) is 4.90 Å². The molecular formula is C23H22N2O4. The highest BCUT2D eigenvalue weighted by atomic mass is 16.5. The van der Waals surface area contributed by atoms with Crippen molar-refractivity contribution in [3.8, 4) is 16.9 Å². The molecule has 1 aromatic heterocycles. The first kappa shape index (κ1) is 18.8. The molecule has 1 N–H and O–H groups in total. The fourth-order valence-corrected chi connectivity index (χ4v) is 3.61. The Kier molecular flexibility index (Phi) is 5.33. The highest BCUT2D eigenvalue weighted by Crippen LogP contribution is 2.26. The van der Waals surface area contributed by atoms with Gasteiger partial charge in [0.15, 0.2) is 0 Å². The van der Waals surface area contributed by atoms with E-state index in [1.165, 1.54) is 12.5 Å². The molecule has 2 heterocycles. The van der Waals surface area contributed by atoms with Crippen LogP contribution in [0.25, 0.3) is 11.1 Å². The lowest BCUT2D eigenvalue weighted by Gasteiger charge is -2.23. The lowest BCUT2D eigenvalue weighted by molar-refractivity contribution is -0.119. The van der Waals surface area contributed by atoms with E-state index in [1.54, 1.807) is 18.1 Å². The normalized spacial score (nSPS) is 15.9. The third kappa shape index (κ3) is 4.01. The Labute approximate surface area is 169 Å². The molecule has 0 radical (unpaired) electrons. The molecule has 2 amide bonds. The van der Waals surface area contributed by atoms with Gasteiger partial charge in [0.05, 0.1) is 18.9 Å². The summed E-state index contributed by atoms with van der Waals surface area (Å²) in [6, 6.07) is 16.6. The molecule has 1 saturated heterocycles. The number of carbonyl (C=O) groups is 2. The second kappa shape index (κ2) is 8.22. The van der Waals surface area contributed by atoms with Crippen molar-refractivity contribution in [1.29, 1.82) is 0 Å². The van der Waals surface area contributed by atoms with Crippen LogP contribution in [-0.2, 0) is 4.79 Å². The molecule has 0 aliphatic carbocycles. The van der Waals surface area contributed by atoms with Crippen molar-refractivity contribution in [2.45, 2.75) is 18.9 Å². The van der Waals surface area contributed by atoms with Gasteiger partial charge >= 0.3 is 0 Å². The molecule has 2 aromatic carbocycles. The minimum absolute atomic E-state index is 0.173. The summed E-state index contributed by atoms with van der Waals surface area (Å²) in [5, 5.41) is 2.93. The van der Waals surface area contributed by atoms with Crippen molar-refractivity contribution >= 4 is 17.5 Å².